The highest BCUT2D eigenvalue weighted by atomic mass is 32.1. The van der Waals surface area contributed by atoms with Crippen LogP contribution in [-0.2, 0) is 0 Å². The third-order valence-corrected chi connectivity index (χ3v) is 3.83. The fraction of sp³-hybridized carbons (Fsp3) is 0.231. The SMILES string of the molecule is CC(C)c1ccc(-c2cccc(F)c2F)s1. The number of halogens is 2. The van der Waals surface area contributed by atoms with Gasteiger partial charge in [-0.1, -0.05) is 26.0 Å². The molecule has 1 aromatic carbocycles. The van der Waals surface area contributed by atoms with Gasteiger partial charge in [0, 0.05) is 15.3 Å². The predicted octanol–water partition coefficient (Wildman–Crippen LogP) is 4.82. The van der Waals surface area contributed by atoms with E-state index in [1.807, 2.05) is 12.1 Å². The zero-order chi connectivity index (χ0) is 11.7. The Hall–Kier alpha value is -1.22. The minimum absolute atomic E-state index is 0.344. The van der Waals surface area contributed by atoms with E-state index in [1.54, 1.807) is 6.07 Å². The minimum atomic E-state index is -0.794. The number of hydrogen-bond acceptors (Lipinski definition) is 1. The molecule has 0 bridgehead atoms. The highest BCUT2D eigenvalue weighted by Gasteiger charge is 2.12. The van der Waals surface area contributed by atoms with Crippen LogP contribution < -0.4 is 0 Å². The molecule has 1 heterocycles. The molecule has 0 aliphatic carbocycles. The molecule has 0 saturated heterocycles. The lowest BCUT2D eigenvalue weighted by Gasteiger charge is -2.01. The Kier molecular flexibility index (Phi) is 3.06. The molecule has 0 atom stereocenters. The summed E-state index contributed by atoms with van der Waals surface area (Å²) in [7, 11) is 0. The van der Waals surface area contributed by atoms with Crippen LogP contribution in [-0.4, -0.2) is 0 Å². The topological polar surface area (TPSA) is 0 Å². The summed E-state index contributed by atoms with van der Waals surface area (Å²) < 4.78 is 26.6. The van der Waals surface area contributed by atoms with Crippen LogP contribution in [0.5, 0.6) is 0 Å². The molecule has 2 aromatic rings. The van der Waals surface area contributed by atoms with Crippen molar-refractivity contribution in [1.82, 2.24) is 0 Å². The van der Waals surface area contributed by atoms with E-state index < -0.39 is 11.6 Å². The van der Waals surface area contributed by atoms with Crippen LogP contribution in [0.25, 0.3) is 10.4 Å². The molecule has 0 nitrogen and oxygen atoms in total. The first kappa shape index (κ1) is 11.3. The standard InChI is InChI=1S/C13H12F2S/c1-8(2)11-6-7-12(16-11)9-4-3-5-10(14)13(9)15/h3-8H,1-2H3. The van der Waals surface area contributed by atoms with Crippen LogP contribution >= 0.6 is 11.3 Å². The Morgan fingerprint density at radius 2 is 1.81 bits per heavy atom. The van der Waals surface area contributed by atoms with Crippen LogP contribution in [0.15, 0.2) is 30.3 Å². The monoisotopic (exact) mass is 238 g/mol. The van der Waals surface area contributed by atoms with Crippen molar-refractivity contribution in [3.8, 4) is 10.4 Å². The van der Waals surface area contributed by atoms with Crippen molar-refractivity contribution in [3.05, 3.63) is 46.8 Å². The fourth-order valence-corrected chi connectivity index (χ4v) is 2.53. The van der Waals surface area contributed by atoms with Gasteiger partial charge >= 0.3 is 0 Å². The third-order valence-electron chi connectivity index (χ3n) is 2.41. The largest absolute Gasteiger partial charge is 0.204 e. The van der Waals surface area contributed by atoms with Gasteiger partial charge in [0.15, 0.2) is 11.6 Å². The fourth-order valence-electron chi connectivity index (χ4n) is 1.50. The van der Waals surface area contributed by atoms with Gasteiger partial charge in [-0.2, -0.15) is 0 Å². The first-order valence-corrected chi connectivity index (χ1v) is 5.95. The first-order valence-electron chi connectivity index (χ1n) is 5.13. The van der Waals surface area contributed by atoms with E-state index in [4.69, 9.17) is 0 Å². The van der Waals surface area contributed by atoms with Gasteiger partial charge in [0.1, 0.15) is 0 Å². The predicted molar refractivity (Wildman–Crippen MR) is 63.8 cm³/mol. The summed E-state index contributed by atoms with van der Waals surface area (Å²) >= 11 is 1.51. The molecule has 1 aromatic heterocycles. The molecule has 84 valence electrons. The third kappa shape index (κ3) is 2.00. The summed E-state index contributed by atoms with van der Waals surface area (Å²) in [5.74, 6) is -1.15. The summed E-state index contributed by atoms with van der Waals surface area (Å²) in [6, 6.07) is 8.08. The molecule has 0 saturated carbocycles. The summed E-state index contributed by atoms with van der Waals surface area (Å²) in [6.07, 6.45) is 0. The molecule has 0 radical (unpaired) electrons. The van der Waals surface area contributed by atoms with Crippen molar-refractivity contribution >= 4 is 11.3 Å². The first-order chi connectivity index (χ1) is 7.59. The second kappa shape index (κ2) is 4.34. The normalized spacial score (nSPS) is 11.1. The molecule has 0 amide bonds. The van der Waals surface area contributed by atoms with Crippen molar-refractivity contribution in [1.29, 1.82) is 0 Å². The van der Waals surface area contributed by atoms with Crippen molar-refractivity contribution in [2.45, 2.75) is 19.8 Å². The number of hydrogen-bond donors (Lipinski definition) is 0. The van der Waals surface area contributed by atoms with Crippen LogP contribution in [0.3, 0.4) is 0 Å². The lowest BCUT2D eigenvalue weighted by Crippen LogP contribution is -1.86. The Labute approximate surface area is 97.6 Å². The molecule has 0 fully saturated rings. The molecule has 0 aliphatic rings. The number of benzene rings is 1. The van der Waals surface area contributed by atoms with Gasteiger partial charge in [-0.05, 0) is 24.1 Å². The quantitative estimate of drug-likeness (QED) is 0.703. The Balaban J connectivity index is 2.47. The van der Waals surface area contributed by atoms with Crippen molar-refractivity contribution in [2.75, 3.05) is 0 Å². The summed E-state index contributed by atoms with van der Waals surface area (Å²) in [6.45, 7) is 4.16. The van der Waals surface area contributed by atoms with Gasteiger partial charge in [0.05, 0.1) is 0 Å². The zero-order valence-corrected chi connectivity index (χ0v) is 9.94. The van der Waals surface area contributed by atoms with Crippen molar-refractivity contribution in [2.24, 2.45) is 0 Å². The second-order valence-corrected chi connectivity index (χ2v) is 5.07. The van der Waals surface area contributed by atoms with E-state index in [1.165, 1.54) is 22.3 Å². The van der Waals surface area contributed by atoms with Gasteiger partial charge in [0.25, 0.3) is 0 Å². The van der Waals surface area contributed by atoms with Gasteiger partial charge in [-0.25, -0.2) is 8.78 Å². The Morgan fingerprint density at radius 1 is 1.06 bits per heavy atom. The average Bonchev–Trinajstić information content (AvgIpc) is 2.71. The van der Waals surface area contributed by atoms with E-state index in [9.17, 15) is 8.78 Å². The average molecular weight is 238 g/mol. The maximum Gasteiger partial charge on any atom is 0.167 e. The molecular formula is C13H12F2S. The minimum Gasteiger partial charge on any atom is -0.204 e. The second-order valence-electron chi connectivity index (χ2n) is 3.96. The van der Waals surface area contributed by atoms with E-state index in [2.05, 4.69) is 13.8 Å². The summed E-state index contributed by atoms with van der Waals surface area (Å²) in [5, 5.41) is 0. The number of rotatable bonds is 2. The molecule has 0 spiro atoms. The molecule has 0 unspecified atom stereocenters. The van der Waals surface area contributed by atoms with Crippen molar-refractivity contribution < 1.29 is 8.78 Å². The van der Waals surface area contributed by atoms with Crippen LogP contribution in [0, 0.1) is 11.6 Å². The van der Waals surface area contributed by atoms with Crippen LogP contribution in [0.1, 0.15) is 24.6 Å². The molecular weight excluding hydrogens is 226 g/mol. The van der Waals surface area contributed by atoms with Gasteiger partial charge < -0.3 is 0 Å². The highest BCUT2D eigenvalue weighted by Crippen LogP contribution is 2.33. The van der Waals surface area contributed by atoms with Gasteiger partial charge in [0.2, 0.25) is 0 Å². The molecule has 0 N–H and O–H groups in total. The van der Waals surface area contributed by atoms with Crippen LogP contribution in [0.4, 0.5) is 8.78 Å². The van der Waals surface area contributed by atoms with E-state index in [0.717, 1.165) is 10.9 Å². The molecule has 0 aliphatic heterocycles. The summed E-state index contributed by atoms with van der Waals surface area (Å²) in [4.78, 5) is 1.96. The Bertz CT molecular complexity index is 500. The number of thiophene rings is 1. The highest BCUT2D eigenvalue weighted by molar-refractivity contribution is 7.15. The lowest BCUT2D eigenvalue weighted by atomic mass is 10.1. The molecule has 3 heteroatoms. The van der Waals surface area contributed by atoms with E-state index in [0.29, 0.717) is 11.5 Å². The van der Waals surface area contributed by atoms with Crippen LogP contribution in [0.2, 0.25) is 0 Å². The van der Waals surface area contributed by atoms with E-state index >= 15 is 0 Å². The zero-order valence-electron chi connectivity index (χ0n) is 9.13. The van der Waals surface area contributed by atoms with Gasteiger partial charge in [-0.3, -0.25) is 0 Å². The summed E-state index contributed by atoms with van der Waals surface area (Å²) in [5.41, 5.74) is 0.344. The lowest BCUT2D eigenvalue weighted by molar-refractivity contribution is 0.511. The van der Waals surface area contributed by atoms with Gasteiger partial charge in [-0.15, -0.1) is 11.3 Å². The maximum atomic E-state index is 13.5. The van der Waals surface area contributed by atoms with Crippen molar-refractivity contribution in [3.63, 3.8) is 0 Å². The smallest absolute Gasteiger partial charge is 0.167 e. The molecule has 16 heavy (non-hydrogen) atoms. The van der Waals surface area contributed by atoms with E-state index in [-0.39, 0.29) is 0 Å². The molecule has 2 rings (SSSR count). The maximum absolute atomic E-state index is 13.5. The Morgan fingerprint density at radius 3 is 2.44 bits per heavy atom.